The van der Waals surface area contributed by atoms with Crippen LogP contribution in [0.2, 0.25) is 0 Å². The summed E-state index contributed by atoms with van der Waals surface area (Å²) in [6.45, 7) is 24.3. The van der Waals surface area contributed by atoms with Crippen LogP contribution in [0.1, 0.15) is 88.1 Å². The monoisotopic (exact) mass is 380 g/mol. The van der Waals surface area contributed by atoms with Gasteiger partial charge in [0.1, 0.15) is 5.75 Å². The maximum absolute atomic E-state index is 6.12. The highest BCUT2D eigenvalue weighted by Crippen LogP contribution is 2.28. The Morgan fingerprint density at radius 3 is 1.63 bits per heavy atom. The van der Waals surface area contributed by atoms with E-state index in [0.29, 0.717) is 30.3 Å². The van der Waals surface area contributed by atoms with Crippen molar-refractivity contribution in [2.24, 2.45) is 23.7 Å². The van der Waals surface area contributed by atoms with E-state index in [1.165, 1.54) is 5.56 Å². The van der Waals surface area contributed by atoms with Crippen LogP contribution in [0.5, 0.6) is 5.75 Å². The average Bonchev–Trinajstić information content (AvgIpc) is 2.63. The lowest BCUT2D eigenvalue weighted by Crippen LogP contribution is -2.28. The molecule has 0 bridgehead atoms. The van der Waals surface area contributed by atoms with Gasteiger partial charge in [0.15, 0.2) is 6.29 Å². The second-order valence-corrected chi connectivity index (χ2v) is 7.63. The molecular weight excluding hydrogens is 332 g/mol. The van der Waals surface area contributed by atoms with E-state index < -0.39 is 0 Å². The van der Waals surface area contributed by atoms with E-state index in [4.69, 9.17) is 9.47 Å². The molecule has 160 valence electrons. The minimum Gasteiger partial charge on any atom is -0.465 e. The average molecular weight is 381 g/mol. The molecule has 1 aromatic rings. The van der Waals surface area contributed by atoms with Crippen molar-refractivity contribution in [2.75, 3.05) is 6.61 Å². The van der Waals surface area contributed by atoms with Gasteiger partial charge in [0.05, 0.1) is 0 Å². The highest BCUT2D eigenvalue weighted by molar-refractivity contribution is 5.27. The Bertz CT molecular complexity index is 412. The molecule has 0 saturated heterocycles. The largest absolute Gasteiger partial charge is 0.465 e. The third kappa shape index (κ3) is 12.9. The molecule has 0 N–H and O–H groups in total. The SMILES string of the molecule is CC.CC.CCOC(CC(C(C)C)C(C)C)Oc1ccc(CC(C)C)cc1. The maximum atomic E-state index is 6.12. The third-order valence-electron chi connectivity index (χ3n) is 4.36. The molecular formula is C25H48O2. The maximum Gasteiger partial charge on any atom is 0.200 e. The molecule has 0 aliphatic carbocycles. The Labute approximate surface area is 171 Å². The zero-order chi connectivity index (χ0) is 21.4. The number of benzene rings is 1. The van der Waals surface area contributed by atoms with Crippen LogP contribution >= 0.6 is 0 Å². The van der Waals surface area contributed by atoms with Gasteiger partial charge in [0, 0.05) is 13.0 Å². The summed E-state index contributed by atoms with van der Waals surface area (Å²) in [5.74, 6) is 3.45. The number of hydrogen-bond donors (Lipinski definition) is 0. The fourth-order valence-corrected chi connectivity index (χ4v) is 3.20. The van der Waals surface area contributed by atoms with Crippen molar-refractivity contribution in [1.82, 2.24) is 0 Å². The minimum atomic E-state index is -0.161. The molecule has 27 heavy (non-hydrogen) atoms. The highest BCUT2D eigenvalue weighted by atomic mass is 16.7. The first-order valence-corrected chi connectivity index (χ1v) is 11.2. The fourth-order valence-electron chi connectivity index (χ4n) is 3.20. The molecule has 1 unspecified atom stereocenters. The quantitative estimate of drug-likeness (QED) is 0.383. The summed E-state index contributed by atoms with van der Waals surface area (Å²) in [5, 5.41) is 0. The molecule has 2 nitrogen and oxygen atoms in total. The van der Waals surface area contributed by atoms with Gasteiger partial charge in [-0.2, -0.15) is 0 Å². The molecule has 0 spiro atoms. The van der Waals surface area contributed by atoms with Crippen LogP contribution in [0.25, 0.3) is 0 Å². The molecule has 2 heteroatoms. The van der Waals surface area contributed by atoms with E-state index in [-0.39, 0.29) is 6.29 Å². The van der Waals surface area contributed by atoms with Crippen molar-refractivity contribution in [3.63, 3.8) is 0 Å². The zero-order valence-corrected chi connectivity index (χ0v) is 20.1. The van der Waals surface area contributed by atoms with Gasteiger partial charge in [-0.3, -0.25) is 0 Å². The van der Waals surface area contributed by atoms with Crippen LogP contribution in [-0.4, -0.2) is 12.9 Å². The number of ether oxygens (including phenoxy) is 2. The molecule has 0 aliphatic rings. The van der Waals surface area contributed by atoms with Crippen molar-refractivity contribution >= 4 is 0 Å². The molecule has 0 fully saturated rings. The smallest absolute Gasteiger partial charge is 0.200 e. The van der Waals surface area contributed by atoms with E-state index in [1.54, 1.807) is 0 Å². The lowest BCUT2D eigenvalue weighted by atomic mass is 9.83. The molecule has 0 amide bonds. The molecule has 1 atom stereocenters. The standard InChI is InChI=1S/C21H36O2.2C2H6/c1-8-22-21(14-20(16(4)5)17(6)7)23-19-11-9-18(10-12-19)13-15(2)3;2*1-2/h9-12,15-17,20-21H,8,13-14H2,1-7H3;2*1-2H3. The topological polar surface area (TPSA) is 18.5 Å². The van der Waals surface area contributed by atoms with Gasteiger partial charge in [-0.05, 0) is 54.7 Å². The second-order valence-electron chi connectivity index (χ2n) is 7.63. The predicted molar refractivity (Wildman–Crippen MR) is 122 cm³/mol. The summed E-state index contributed by atoms with van der Waals surface area (Å²) in [6, 6.07) is 8.48. The van der Waals surface area contributed by atoms with Crippen molar-refractivity contribution < 1.29 is 9.47 Å². The molecule has 0 aromatic heterocycles. The molecule has 0 saturated carbocycles. The fraction of sp³-hybridized carbons (Fsp3) is 0.760. The Kier molecular flexibility index (Phi) is 17.9. The van der Waals surface area contributed by atoms with Crippen LogP contribution in [-0.2, 0) is 11.2 Å². The Hall–Kier alpha value is -1.02. The first kappa shape index (κ1) is 28.2. The van der Waals surface area contributed by atoms with E-state index in [9.17, 15) is 0 Å². The number of hydrogen-bond acceptors (Lipinski definition) is 2. The summed E-state index contributed by atoms with van der Waals surface area (Å²) in [4.78, 5) is 0. The van der Waals surface area contributed by atoms with E-state index >= 15 is 0 Å². The van der Waals surface area contributed by atoms with Crippen LogP contribution in [0.15, 0.2) is 24.3 Å². The summed E-state index contributed by atoms with van der Waals surface area (Å²) in [7, 11) is 0. The normalized spacial score (nSPS) is 11.8. The molecule has 0 radical (unpaired) electrons. The Balaban J connectivity index is 0. The van der Waals surface area contributed by atoms with Crippen molar-refractivity contribution in [3.05, 3.63) is 29.8 Å². The van der Waals surface area contributed by atoms with Gasteiger partial charge in [-0.15, -0.1) is 0 Å². The minimum absolute atomic E-state index is 0.161. The summed E-state index contributed by atoms with van der Waals surface area (Å²) < 4.78 is 12.0. The molecule has 0 heterocycles. The van der Waals surface area contributed by atoms with Gasteiger partial charge in [-0.1, -0.05) is 81.4 Å². The van der Waals surface area contributed by atoms with E-state index in [0.717, 1.165) is 18.6 Å². The van der Waals surface area contributed by atoms with Crippen LogP contribution in [0.4, 0.5) is 0 Å². The van der Waals surface area contributed by atoms with E-state index in [1.807, 2.05) is 34.6 Å². The summed E-state index contributed by atoms with van der Waals surface area (Å²) in [6.07, 6.45) is 1.89. The molecule has 1 aromatic carbocycles. The molecule has 1 rings (SSSR count). The van der Waals surface area contributed by atoms with Gasteiger partial charge in [-0.25, -0.2) is 0 Å². The predicted octanol–water partition coefficient (Wildman–Crippen LogP) is 8.00. The van der Waals surface area contributed by atoms with Crippen LogP contribution in [0.3, 0.4) is 0 Å². The van der Waals surface area contributed by atoms with Gasteiger partial charge in [0.2, 0.25) is 0 Å². The second kappa shape index (κ2) is 17.1. The van der Waals surface area contributed by atoms with E-state index in [2.05, 4.69) is 65.8 Å². The lowest BCUT2D eigenvalue weighted by Gasteiger charge is -2.29. The van der Waals surface area contributed by atoms with Crippen LogP contribution in [0, 0.1) is 23.7 Å². The molecule has 0 aliphatic heterocycles. The highest BCUT2D eigenvalue weighted by Gasteiger charge is 2.23. The summed E-state index contributed by atoms with van der Waals surface area (Å²) in [5.41, 5.74) is 1.36. The van der Waals surface area contributed by atoms with Crippen molar-refractivity contribution in [1.29, 1.82) is 0 Å². The van der Waals surface area contributed by atoms with Crippen molar-refractivity contribution in [2.45, 2.75) is 95.3 Å². The van der Waals surface area contributed by atoms with Gasteiger partial charge in [0.25, 0.3) is 0 Å². The van der Waals surface area contributed by atoms with Crippen LogP contribution < -0.4 is 4.74 Å². The van der Waals surface area contributed by atoms with Gasteiger partial charge < -0.3 is 9.47 Å². The first-order valence-electron chi connectivity index (χ1n) is 11.2. The first-order chi connectivity index (χ1) is 12.8. The summed E-state index contributed by atoms with van der Waals surface area (Å²) >= 11 is 0. The number of rotatable bonds is 10. The van der Waals surface area contributed by atoms with Gasteiger partial charge >= 0.3 is 0 Å². The Morgan fingerprint density at radius 2 is 1.26 bits per heavy atom. The third-order valence-corrected chi connectivity index (χ3v) is 4.36. The Morgan fingerprint density at radius 1 is 0.778 bits per heavy atom. The van der Waals surface area contributed by atoms with Crippen molar-refractivity contribution in [3.8, 4) is 5.75 Å². The lowest BCUT2D eigenvalue weighted by molar-refractivity contribution is -0.0948. The zero-order valence-electron chi connectivity index (χ0n) is 20.1.